The SMILES string of the molecule is Cc1ccc(C(=O)N/N=C\c2cc(Br)c(O)c(Br)c2)cc1. The molecule has 21 heavy (non-hydrogen) atoms. The molecule has 0 atom stereocenters. The van der Waals surface area contributed by atoms with Crippen molar-refractivity contribution in [2.75, 3.05) is 0 Å². The van der Waals surface area contributed by atoms with Gasteiger partial charge in [-0.1, -0.05) is 17.7 Å². The van der Waals surface area contributed by atoms with E-state index in [1.54, 1.807) is 24.3 Å². The average molecular weight is 412 g/mol. The van der Waals surface area contributed by atoms with E-state index in [4.69, 9.17) is 0 Å². The molecule has 0 spiro atoms. The highest BCUT2D eigenvalue weighted by molar-refractivity contribution is 9.11. The largest absolute Gasteiger partial charge is 0.506 e. The number of hydrogen-bond acceptors (Lipinski definition) is 3. The average Bonchev–Trinajstić information content (AvgIpc) is 2.45. The minimum Gasteiger partial charge on any atom is -0.506 e. The molecule has 0 fully saturated rings. The fourth-order valence-corrected chi connectivity index (χ4v) is 2.82. The van der Waals surface area contributed by atoms with Crippen LogP contribution in [0.3, 0.4) is 0 Å². The van der Waals surface area contributed by atoms with Gasteiger partial charge in [-0.2, -0.15) is 5.10 Å². The number of halogens is 2. The Kier molecular flexibility index (Phi) is 5.14. The number of rotatable bonds is 3. The normalized spacial score (nSPS) is 10.8. The minimum absolute atomic E-state index is 0.121. The molecule has 0 saturated carbocycles. The highest BCUT2D eigenvalue weighted by Gasteiger charge is 2.05. The lowest BCUT2D eigenvalue weighted by molar-refractivity contribution is 0.0955. The van der Waals surface area contributed by atoms with Crippen molar-refractivity contribution in [3.63, 3.8) is 0 Å². The molecule has 0 aliphatic rings. The van der Waals surface area contributed by atoms with Gasteiger partial charge in [-0.05, 0) is 68.6 Å². The van der Waals surface area contributed by atoms with Crippen LogP contribution in [0.4, 0.5) is 0 Å². The van der Waals surface area contributed by atoms with Crippen molar-refractivity contribution in [3.8, 4) is 5.75 Å². The second-order valence-electron chi connectivity index (χ2n) is 4.40. The van der Waals surface area contributed by atoms with E-state index in [1.807, 2.05) is 19.1 Å². The van der Waals surface area contributed by atoms with Crippen molar-refractivity contribution >= 4 is 44.0 Å². The van der Waals surface area contributed by atoms with Gasteiger partial charge in [-0.15, -0.1) is 0 Å². The number of phenols is 1. The van der Waals surface area contributed by atoms with Crippen molar-refractivity contribution in [3.05, 3.63) is 62.0 Å². The van der Waals surface area contributed by atoms with Gasteiger partial charge < -0.3 is 5.11 Å². The second kappa shape index (κ2) is 6.87. The zero-order valence-corrected chi connectivity index (χ0v) is 14.3. The first kappa shape index (κ1) is 15.7. The van der Waals surface area contributed by atoms with E-state index in [0.717, 1.165) is 11.1 Å². The molecule has 0 radical (unpaired) electrons. The zero-order chi connectivity index (χ0) is 15.4. The van der Waals surface area contributed by atoms with Crippen LogP contribution in [-0.2, 0) is 0 Å². The molecule has 2 aromatic rings. The molecule has 4 nitrogen and oxygen atoms in total. The summed E-state index contributed by atoms with van der Waals surface area (Å²) in [7, 11) is 0. The van der Waals surface area contributed by atoms with E-state index in [0.29, 0.717) is 14.5 Å². The summed E-state index contributed by atoms with van der Waals surface area (Å²) in [6.45, 7) is 1.96. The molecule has 0 bridgehead atoms. The molecule has 2 N–H and O–H groups in total. The molecule has 2 rings (SSSR count). The predicted molar refractivity (Wildman–Crippen MR) is 89.7 cm³/mol. The Bertz CT molecular complexity index is 674. The summed E-state index contributed by atoms with van der Waals surface area (Å²) in [5, 5.41) is 13.5. The second-order valence-corrected chi connectivity index (χ2v) is 6.11. The van der Waals surface area contributed by atoms with Crippen LogP contribution in [0.5, 0.6) is 5.75 Å². The van der Waals surface area contributed by atoms with E-state index in [2.05, 4.69) is 42.4 Å². The number of aryl methyl sites for hydroxylation is 1. The molecule has 0 aromatic heterocycles. The van der Waals surface area contributed by atoms with Gasteiger partial charge in [-0.3, -0.25) is 4.79 Å². The van der Waals surface area contributed by atoms with Crippen LogP contribution in [0.2, 0.25) is 0 Å². The van der Waals surface area contributed by atoms with Gasteiger partial charge in [0.25, 0.3) is 5.91 Å². The van der Waals surface area contributed by atoms with Crippen molar-refractivity contribution in [1.29, 1.82) is 0 Å². The Labute approximate surface area is 139 Å². The highest BCUT2D eigenvalue weighted by atomic mass is 79.9. The third-order valence-electron chi connectivity index (χ3n) is 2.73. The molecule has 0 aliphatic heterocycles. The van der Waals surface area contributed by atoms with Crippen molar-refractivity contribution in [1.82, 2.24) is 5.43 Å². The van der Waals surface area contributed by atoms with Gasteiger partial charge in [0.2, 0.25) is 0 Å². The van der Waals surface area contributed by atoms with Crippen LogP contribution in [0.1, 0.15) is 21.5 Å². The van der Waals surface area contributed by atoms with Gasteiger partial charge in [0.15, 0.2) is 0 Å². The lowest BCUT2D eigenvalue weighted by Crippen LogP contribution is -2.17. The minimum atomic E-state index is -0.275. The first-order valence-electron chi connectivity index (χ1n) is 6.05. The summed E-state index contributed by atoms with van der Waals surface area (Å²) in [5.74, 6) is -0.154. The number of carbonyl (C=O) groups is 1. The smallest absolute Gasteiger partial charge is 0.271 e. The molecule has 0 saturated heterocycles. The van der Waals surface area contributed by atoms with Gasteiger partial charge in [0, 0.05) is 5.56 Å². The summed E-state index contributed by atoms with van der Waals surface area (Å²) in [5.41, 5.74) is 4.83. The number of nitrogens with one attached hydrogen (secondary N) is 1. The maximum Gasteiger partial charge on any atom is 0.271 e. The van der Waals surface area contributed by atoms with Crippen LogP contribution in [-0.4, -0.2) is 17.2 Å². The van der Waals surface area contributed by atoms with E-state index < -0.39 is 0 Å². The van der Waals surface area contributed by atoms with Crippen LogP contribution < -0.4 is 5.43 Å². The molecule has 0 aliphatic carbocycles. The number of nitrogens with zero attached hydrogens (tertiary/aromatic N) is 1. The molecule has 6 heteroatoms. The lowest BCUT2D eigenvalue weighted by Gasteiger charge is -2.02. The van der Waals surface area contributed by atoms with Crippen molar-refractivity contribution in [2.45, 2.75) is 6.92 Å². The Morgan fingerprint density at radius 3 is 2.33 bits per heavy atom. The van der Waals surface area contributed by atoms with E-state index in [-0.39, 0.29) is 11.7 Å². The molecular formula is C15H12Br2N2O2. The fraction of sp³-hybridized carbons (Fsp3) is 0.0667. The van der Waals surface area contributed by atoms with Crippen LogP contribution in [0, 0.1) is 6.92 Å². The number of carbonyl (C=O) groups excluding carboxylic acids is 1. The topological polar surface area (TPSA) is 61.7 Å². The van der Waals surface area contributed by atoms with Crippen molar-refractivity contribution in [2.24, 2.45) is 5.10 Å². The Morgan fingerprint density at radius 2 is 1.76 bits per heavy atom. The monoisotopic (exact) mass is 410 g/mol. The third-order valence-corrected chi connectivity index (χ3v) is 3.94. The van der Waals surface area contributed by atoms with Crippen molar-refractivity contribution < 1.29 is 9.90 Å². The van der Waals surface area contributed by atoms with Gasteiger partial charge >= 0.3 is 0 Å². The van der Waals surface area contributed by atoms with E-state index >= 15 is 0 Å². The number of hydrogen-bond donors (Lipinski definition) is 2. The molecule has 1 amide bonds. The van der Waals surface area contributed by atoms with E-state index in [9.17, 15) is 9.90 Å². The summed E-state index contributed by atoms with van der Waals surface area (Å²) in [6.07, 6.45) is 1.50. The third kappa shape index (κ3) is 4.15. The lowest BCUT2D eigenvalue weighted by atomic mass is 10.1. The van der Waals surface area contributed by atoms with E-state index in [1.165, 1.54) is 6.21 Å². The summed E-state index contributed by atoms with van der Waals surface area (Å²) in [6, 6.07) is 10.6. The highest BCUT2D eigenvalue weighted by Crippen LogP contribution is 2.32. The first-order chi connectivity index (χ1) is 9.97. The maximum atomic E-state index is 11.9. The summed E-state index contributed by atoms with van der Waals surface area (Å²) < 4.78 is 1.09. The van der Waals surface area contributed by atoms with Crippen LogP contribution >= 0.6 is 31.9 Å². The molecular weight excluding hydrogens is 400 g/mol. The summed E-state index contributed by atoms with van der Waals surface area (Å²) in [4.78, 5) is 11.9. The number of aromatic hydroxyl groups is 1. The first-order valence-corrected chi connectivity index (χ1v) is 7.64. The molecule has 0 unspecified atom stereocenters. The van der Waals surface area contributed by atoms with Gasteiger partial charge in [0.05, 0.1) is 15.2 Å². The Hall–Kier alpha value is -1.66. The van der Waals surface area contributed by atoms with Gasteiger partial charge in [0.1, 0.15) is 5.75 Å². The number of amides is 1. The predicted octanol–water partition coefficient (Wildman–Crippen LogP) is 3.99. The molecule has 108 valence electrons. The van der Waals surface area contributed by atoms with Crippen LogP contribution in [0.25, 0.3) is 0 Å². The quantitative estimate of drug-likeness (QED) is 0.592. The number of phenolic OH excluding ortho intramolecular Hbond substituents is 1. The summed E-state index contributed by atoms with van der Waals surface area (Å²) >= 11 is 6.46. The van der Waals surface area contributed by atoms with Gasteiger partial charge in [-0.25, -0.2) is 5.43 Å². The zero-order valence-electron chi connectivity index (χ0n) is 11.1. The molecule has 2 aromatic carbocycles. The fourth-order valence-electron chi connectivity index (χ4n) is 1.59. The number of hydrazone groups is 1. The van der Waals surface area contributed by atoms with Crippen LogP contribution in [0.15, 0.2) is 50.4 Å². The number of benzene rings is 2. The standard InChI is InChI=1S/C15H12Br2N2O2/c1-9-2-4-11(5-3-9)15(21)19-18-8-10-6-12(16)14(20)13(17)7-10/h2-8,20H,1H3,(H,19,21)/b18-8-. The Balaban J connectivity index is 2.05. The molecule has 0 heterocycles. The Morgan fingerprint density at radius 1 is 1.19 bits per heavy atom. The maximum absolute atomic E-state index is 11.9.